The molecule has 0 unspecified atom stereocenters. The molecular weight excluding hydrogens is 610 g/mol. The van der Waals surface area contributed by atoms with Crippen LogP contribution in [0.5, 0.6) is 0 Å². The van der Waals surface area contributed by atoms with Crippen LogP contribution >= 0.6 is 0 Å². The number of carbonyl (C=O) groups is 3. The van der Waals surface area contributed by atoms with Gasteiger partial charge in [-0.25, -0.2) is 4.98 Å². The molecule has 48 heavy (non-hydrogen) atoms. The normalized spacial score (nSPS) is 14.4. The van der Waals surface area contributed by atoms with Crippen LogP contribution in [0.4, 0.5) is 17.2 Å². The molecule has 11 heteroatoms. The standard InChI is InChI=1S/C37H37N5O6/c1-23(2)25-8-10-30-26(18-25)12-13-42(36(30)45)33-7-5-6-29(31(33)22-48-24(3)43)28-19-32(37(46)40(4)21-28)39-34-11-9-27(20-38-34)35(44)41-14-16-47-17-15-41/h5-11,18-21H,1,12-17,22H2,2-4H3,(H,38,39). The molecule has 0 bridgehead atoms. The lowest BCUT2D eigenvalue weighted by molar-refractivity contribution is -0.142. The maximum Gasteiger partial charge on any atom is 0.302 e. The molecule has 2 aliphatic heterocycles. The quantitative estimate of drug-likeness (QED) is 0.266. The molecule has 4 aromatic rings. The van der Waals surface area contributed by atoms with Gasteiger partial charge >= 0.3 is 5.97 Å². The van der Waals surface area contributed by atoms with Crippen molar-refractivity contribution in [3.8, 4) is 11.1 Å². The van der Waals surface area contributed by atoms with Gasteiger partial charge in [0, 0.05) is 62.7 Å². The van der Waals surface area contributed by atoms with E-state index in [0.29, 0.717) is 78.6 Å². The maximum absolute atomic E-state index is 13.9. The van der Waals surface area contributed by atoms with E-state index in [1.165, 1.54) is 17.7 Å². The van der Waals surface area contributed by atoms with E-state index < -0.39 is 5.97 Å². The van der Waals surface area contributed by atoms with Gasteiger partial charge in [-0.2, -0.15) is 0 Å². The number of aromatic nitrogens is 2. The van der Waals surface area contributed by atoms with Crippen LogP contribution < -0.4 is 15.8 Å². The number of ether oxygens (including phenoxy) is 2. The molecule has 0 spiro atoms. The van der Waals surface area contributed by atoms with Gasteiger partial charge in [0.25, 0.3) is 17.4 Å². The van der Waals surface area contributed by atoms with Crippen molar-refractivity contribution < 1.29 is 23.9 Å². The molecule has 2 aromatic heterocycles. The minimum absolute atomic E-state index is 0.0716. The molecule has 2 aliphatic rings. The Hall–Kier alpha value is -5.55. The van der Waals surface area contributed by atoms with Gasteiger partial charge in [-0.3, -0.25) is 19.2 Å². The van der Waals surface area contributed by atoms with Crippen LogP contribution in [-0.4, -0.2) is 65.1 Å². The van der Waals surface area contributed by atoms with Crippen LogP contribution in [0.2, 0.25) is 0 Å². The van der Waals surface area contributed by atoms with E-state index in [2.05, 4.69) is 16.9 Å². The molecule has 1 N–H and O–H groups in total. The van der Waals surface area contributed by atoms with E-state index in [-0.39, 0.29) is 29.7 Å². The molecule has 246 valence electrons. The molecule has 0 radical (unpaired) electrons. The fraction of sp³-hybridized carbons (Fsp3) is 0.270. The lowest BCUT2D eigenvalue weighted by atomic mass is 9.93. The second-order valence-electron chi connectivity index (χ2n) is 12.0. The van der Waals surface area contributed by atoms with E-state index in [1.807, 2.05) is 43.3 Å². The summed E-state index contributed by atoms with van der Waals surface area (Å²) in [7, 11) is 1.65. The third-order valence-corrected chi connectivity index (χ3v) is 8.61. The molecule has 1 saturated heterocycles. The average Bonchev–Trinajstić information content (AvgIpc) is 3.09. The molecule has 2 aromatic carbocycles. The summed E-state index contributed by atoms with van der Waals surface area (Å²) in [6, 6.07) is 16.4. The summed E-state index contributed by atoms with van der Waals surface area (Å²) in [6.45, 7) is 9.73. The summed E-state index contributed by atoms with van der Waals surface area (Å²) in [5.41, 5.74) is 6.56. The predicted octanol–water partition coefficient (Wildman–Crippen LogP) is 4.96. The maximum atomic E-state index is 13.9. The van der Waals surface area contributed by atoms with Crippen molar-refractivity contribution in [2.45, 2.75) is 26.9 Å². The number of pyridine rings is 2. The number of fused-ring (bicyclic) bond motifs is 1. The second-order valence-corrected chi connectivity index (χ2v) is 12.0. The van der Waals surface area contributed by atoms with Crippen molar-refractivity contribution in [3.63, 3.8) is 0 Å². The summed E-state index contributed by atoms with van der Waals surface area (Å²) in [5, 5.41) is 3.10. The molecule has 0 saturated carbocycles. The number of nitrogens with one attached hydrogen (secondary N) is 1. The summed E-state index contributed by atoms with van der Waals surface area (Å²) >= 11 is 0. The number of carbonyl (C=O) groups excluding carboxylic acids is 3. The first kappa shape index (κ1) is 32.4. The third-order valence-electron chi connectivity index (χ3n) is 8.61. The fourth-order valence-electron chi connectivity index (χ4n) is 6.04. The first-order chi connectivity index (χ1) is 23.1. The highest BCUT2D eigenvalue weighted by Crippen LogP contribution is 2.36. The Bertz CT molecular complexity index is 1980. The fourth-order valence-corrected chi connectivity index (χ4v) is 6.04. The number of hydrogen-bond donors (Lipinski definition) is 1. The monoisotopic (exact) mass is 647 g/mol. The number of rotatable bonds is 8. The van der Waals surface area contributed by atoms with Crippen LogP contribution in [0.1, 0.15) is 51.3 Å². The Morgan fingerprint density at radius 1 is 0.979 bits per heavy atom. The van der Waals surface area contributed by atoms with Crippen LogP contribution in [0, 0.1) is 0 Å². The minimum atomic E-state index is -0.456. The smallest absolute Gasteiger partial charge is 0.302 e. The van der Waals surface area contributed by atoms with Crippen molar-refractivity contribution in [1.29, 1.82) is 0 Å². The second kappa shape index (κ2) is 13.7. The van der Waals surface area contributed by atoms with Gasteiger partial charge < -0.3 is 29.2 Å². The Morgan fingerprint density at radius 2 is 1.75 bits per heavy atom. The number of benzene rings is 2. The lowest BCUT2D eigenvalue weighted by Crippen LogP contribution is -2.40. The van der Waals surface area contributed by atoms with Crippen molar-refractivity contribution in [3.05, 3.63) is 112 Å². The number of anilines is 3. The number of allylic oxidation sites excluding steroid dienone is 1. The molecule has 6 rings (SSSR count). The third kappa shape index (κ3) is 6.63. The predicted molar refractivity (Wildman–Crippen MR) is 183 cm³/mol. The SMILES string of the molecule is C=C(C)c1ccc2c(c1)CCN(c1cccc(-c3cc(Nc4ccc(C(=O)N5CCOCC5)cn4)c(=O)n(C)c3)c1COC(C)=O)C2=O. The first-order valence-corrected chi connectivity index (χ1v) is 15.8. The van der Waals surface area contributed by atoms with Gasteiger partial charge in [0.05, 0.1) is 24.5 Å². The van der Waals surface area contributed by atoms with Crippen LogP contribution in [0.3, 0.4) is 0 Å². The number of esters is 1. The minimum Gasteiger partial charge on any atom is -0.461 e. The average molecular weight is 648 g/mol. The van der Waals surface area contributed by atoms with Crippen LogP contribution in [0.25, 0.3) is 16.7 Å². The van der Waals surface area contributed by atoms with Gasteiger partial charge in [0.15, 0.2) is 0 Å². The highest BCUT2D eigenvalue weighted by molar-refractivity contribution is 6.09. The molecule has 2 amide bonds. The Balaban J connectivity index is 1.33. The van der Waals surface area contributed by atoms with Crippen molar-refractivity contribution in [1.82, 2.24) is 14.5 Å². The highest BCUT2D eigenvalue weighted by Gasteiger charge is 2.29. The van der Waals surface area contributed by atoms with Crippen molar-refractivity contribution in [2.24, 2.45) is 7.05 Å². The van der Waals surface area contributed by atoms with Gasteiger partial charge in [-0.15, -0.1) is 0 Å². The summed E-state index contributed by atoms with van der Waals surface area (Å²) < 4.78 is 12.3. The number of hydrogen-bond acceptors (Lipinski definition) is 8. The first-order valence-electron chi connectivity index (χ1n) is 15.8. The largest absolute Gasteiger partial charge is 0.461 e. The summed E-state index contributed by atoms with van der Waals surface area (Å²) in [4.78, 5) is 59.8. The Morgan fingerprint density at radius 3 is 2.46 bits per heavy atom. The molecule has 0 aliphatic carbocycles. The van der Waals surface area contributed by atoms with Gasteiger partial charge in [-0.05, 0) is 60.4 Å². The van der Waals surface area contributed by atoms with Crippen LogP contribution in [0.15, 0.2) is 78.4 Å². The van der Waals surface area contributed by atoms with E-state index >= 15 is 0 Å². The molecular formula is C37H37N5O6. The molecule has 4 heterocycles. The van der Waals surface area contributed by atoms with Gasteiger partial charge in [0.2, 0.25) is 0 Å². The van der Waals surface area contributed by atoms with E-state index in [9.17, 15) is 19.2 Å². The number of amides is 2. The Kier molecular flexibility index (Phi) is 9.22. The summed E-state index contributed by atoms with van der Waals surface area (Å²) in [5.74, 6) is -0.329. The zero-order valence-electron chi connectivity index (χ0n) is 27.2. The molecule has 1 fully saturated rings. The lowest BCUT2D eigenvalue weighted by Gasteiger charge is -2.31. The van der Waals surface area contributed by atoms with Crippen molar-refractivity contribution in [2.75, 3.05) is 43.1 Å². The Labute approximate surface area is 278 Å². The van der Waals surface area contributed by atoms with E-state index in [1.54, 1.807) is 41.2 Å². The molecule has 11 nitrogen and oxygen atoms in total. The zero-order valence-corrected chi connectivity index (χ0v) is 27.2. The van der Waals surface area contributed by atoms with Crippen LogP contribution in [-0.2, 0) is 34.3 Å². The number of morpholine rings is 1. The zero-order chi connectivity index (χ0) is 33.9. The number of aryl methyl sites for hydroxylation is 1. The van der Waals surface area contributed by atoms with Crippen molar-refractivity contribution >= 4 is 40.5 Å². The van der Waals surface area contributed by atoms with E-state index in [0.717, 1.165) is 16.7 Å². The molecule has 0 atom stereocenters. The topological polar surface area (TPSA) is 123 Å². The summed E-state index contributed by atoms with van der Waals surface area (Å²) in [6.07, 6.45) is 3.84. The van der Waals surface area contributed by atoms with E-state index in [4.69, 9.17) is 9.47 Å². The van der Waals surface area contributed by atoms with Gasteiger partial charge in [0.1, 0.15) is 18.1 Å². The highest BCUT2D eigenvalue weighted by atomic mass is 16.5. The van der Waals surface area contributed by atoms with Gasteiger partial charge in [-0.1, -0.05) is 36.4 Å². The number of nitrogens with zero attached hydrogens (tertiary/aromatic N) is 4.